The van der Waals surface area contributed by atoms with Crippen molar-refractivity contribution in [2.75, 3.05) is 19.6 Å². The molecule has 3 aliphatic heterocycles. The van der Waals surface area contributed by atoms with Crippen LogP contribution in [0.2, 0.25) is 0 Å². The molecule has 5 nitrogen and oxygen atoms in total. The Morgan fingerprint density at radius 2 is 1.94 bits per heavy atom. The van der Waals surface area contributed by atoms with Gasteiger partial charge in [-0.1, -0.05) is 50.6 Å². The third-order valence-electron chi connectivity index (χ3n) is 9.66. The highest BCUT2D eigenvalue weighted by molar-refractivity contribution is 5.76. The fourth-order valence-corrected chi connectivity index (χ4v) is 7.90. The second kappa shape index (κ2) is 7.82. The van der Waals surface area contributed by atoms with E-state index < -0.39 is 0 Å². The molecule has 2 aliphatic carbocycles. The number of esters is 1. The first-order valence-corrected chi connectivity index (χ1v) is 12.9. The predicted molar refractivity (Wildman–Crippen MR) is 123 cm³/mol. The molecule has 0 radical (unpaired) electrons. The van der Waals surface area contributed by atoms with Gasteiger partial charge in [0.05, 0.1) is 12.0 Å². The number of likely N-dealkylation sites (tertiary alicyclic amines) is 1. The van der Waals surface area contributed by atoms with Gasteiger partial charge in [-0.05, 0) is 56.7 Å². The van der Waals surface area contributed by atoms with Gasteiger partial charge < -0.3 is 14.8 Å². The Labute approximate surface area is 192 Å². The van der Waals surface area contributed by atoms with Gasteiger partial charge in [-0.3, -0.25) is 9.69 Å². The number of piperidine rings is 1. The molecule has 3 heterocycles. The number of fused-ring (bicyclic) bond motifs is 2. The van der Waals surface area contributed by atoms with Gasteiger partial charge in [0.1, 0.15) is 11.7 Å². The van der Waals surface area contributed by atoms with Gasteiger partial charge in [0.25, 0.3) is 0 Å². The summed E-state index contributed by atoms with van der Waals surface area (Å²) in [7, 11) is 0. The van der Waals surface area contributed by atoms with Gasteiger partial charge in [0, 0.05) is 30.5 Å². The van der Waals surface area contributed by atoms with Gasteiger partial charge in [0.2, 0.25) is 0 Å². The molecule has 0 unspecified atom stereocenters. The monoisotopic (exact) mass is 438 g/mol. The maximum Gasteiger partial charge on any atom is 0.311 e. The molecule has 0 aromatic heterocycles. The quantitative estimate of drug-likeness (QED) is 0.560. The van der Waals surface area contributed by atoms with Crippen LogP contribution < -0.4 is 5.32 Å². The van der Waals surface area contributed by atoms with Crippen molar-refractivity contribution in [3.63, 3.8) is 0 Å². The Morgan fingerprint density at radius 3 is 2.72 bits per heavy atom. The fraction of sp³-hybridized carbons (Fsp3) is 0.741. The number of nitrogens with zero attached hydrogens (tertiary/aromatic N) is 1. The molecule has 1 aromatic carbocycles. The van der Waals surface area contributed by atoms with Gasteiger partial charge in [0.15, 0.2) is 0 Å². The number of carbonyl (C=O) groups excluding carboxylic acids is 1. The van der Waals surface area contributed by atoms with E-state index in [1.807, 2.05) is 0 Å². The van der Waals surface area contributed by atoms with E-state index in [0.29, 0.717) is 12.0 Å². The molecule has 3 saturated heterocycles. The summed E-state index contributed by atoms with van der Waals surface area (Å²) in [6.45, 7) is 8.75. The third kappa shape index (κ3) is 3.26. The molecule has 2 saturated carbocycles. The van der Waals surface area contributed by atoms with E-state index in [1.54, 1.807) is 0 Å². The smallest absolute Gasteiger partial charge is 0.311 e. The normalized spacial score (nSPS) is 43.8. The first-order chi connectivity index (χ1) is 15.5. The summed E-state index contributed by atoms with van der Waals surface area (Å²) in [5, 5.41) is 3.76. The molecular weight excluding hydrogens is 400 g/mol. The SMILES string of the molecule is C[C@@H]1CCC[C@@]2(C)C[C@H]3OC(=O)[C@H](CNC4CCN(Cc5ccccc5)CC4)[C@@H]3[C@@H]3O[C@]132. The van der Waals surface area contributed by atoms with E-state index in [1.165, 1.54) is 24.8 Å². The first kappa shape index (κ1) is 21.1. The van der Waals surface area contributed by atoms with E-state index in [9.17, 15) is 4.79 Å². The van der Waals surface area contributed by atoms with Crippen LogP contribution in [0.25, 0.3) is 0 Å². The maximum absolute atomic E-state index is 12.9. The van der Waals surface area contributed by atoms with Crippen LogP contribution in [-0.2, 0) is 20.8 Å². The average molecular weight is 439 g/mol. The van der Waals surface area contributed by atoms with Crippen LogP contribution in [0.5, 0.6) is 0 Å². The highest BCUT2D eigenvalue weighted by atomic mass is 16.6. The zero-order valence-electron chi connectivity index (χ0n) is 19.6. The topological polar surface area (TPSA) is 54.1 Å². The fourth-order valence-electron chi connectivity index (χ4n) is 7.90. The molecule has 7 atom stereocenters. The zero-order valence-corrected chi connectivity index (χ0v) is 19.6. The second-order valence-electron chi connectivity index (χ2n) is 11.5. The van der Waals surface area contributed by atoms with E-state index in [2.05, 4.69) is 54.4 Å². The number of rotatable bonds is 5. The number of carbonyl (C=O) groups is 1. The van der Waals surface area contributed by atoms with Crippen molar-refractivity contribution in [3.05, 3.63) is 35.9 Å². The largest absolute Gasteiger partial charge is 0.462 e. The first-order valence-electron chi connectivity index (χ1n) is 12.9. The van der Waals surface area contributed by atoms with Gasteiger partial charge in [-0.2, -0.15) is 0 Å². The van der Waals surface area contributed by atoms with Crippen LogP contribution in [0.3, 0.4) is 0 Å². The van der Waals surface area contributed by atoms with Gasteiger partial charge in [-0.25, -0.2) is 0 Å². The van der Waals surface area contributed by atoms with Crippen molar-refractivity contribution in [1.82, 2.24) is 10.2 Å². The number of nitrogens with one attached hydrogen (secondary N) is 1. The van der Waals surface area contributed by atoms with Gasteiger partial charge in [-0.15, -0.1) is 0 Å². The van der Waals surface area contributed by atoms with E-state index in [0.717, 1.165) is 45.4 Å². The molecular formula is C27H38N2O3. The number of benzene rings is 1. The molecule has 6 rings (SSSR count). The predicted octanol–water partition coefficient (Wildman–Crippen LogP) is 3.77. The van der Waals surface area contributed by atoms with Crippen molar-refractivity contribution in [2.45, 2.75) is 82.8 Å². The average Bonchev–Trinajstić information content (AvgIpc) is 3.47. The van der Waals surface area contributed by atoms with Crippen molar-refractivity contribution >= 4 is 5.97 Å². The lowest BCUT2D eigenvalue weighted by atomic mass is 9.53. The van der Waals surface area contributed by atoms with E-state index in [-0.39, 0.29) is 41.0 Å². The minimum atomic E-state index is -0.0506. The van der Waals surface area contributed by atoms with Crippen molar-refractivity contribution in [2.24, 2.45) is 23.2 Å². The molecule has 1 aromatic rings. The molecule has 5 fully saturated rings. The summed E-state index contributed by atoms with van der Waals surface area (Å²) in [5.74, 6) is 0.784. The molecule has 174 valence electrons. The van der Waals surface area contributed by atoms with Crippen LogP contribution >= 0.6 is 0 Å². The number of ether oxygens (including phenoxy) is 2. The number of epoxide rings is 1. The second-order valence-corrected chi connectivity index (χ2v) is 11.5. The minimum Gasteiger partial charge on any atom is -0.462 e. The molecule has 0 bridgehead atoms. The Bertz CT molecular complexity index is 854. The molecule has 5 aliphatic rings. The van der Waals surface area contributed by atoms with Crippen molar-refractivity contribution < 1.29 is 14.3 Å². The third-order valence-corrected chi connectivity index (χ3v) is 9.66. The van der Waals surface area contributed by atoms with Gasteiger partial charge >= 0.3 is 5.97 Å². The molecule has 1 N–H and O–H groups in total. The summed E-state index contributed by atoms with van der Waals surface area (Å²) < 4.78 is 12.6. The highest BCUT2D eigenvalue weighted by Gasteiger charge is 2.78. The summed E-state index contributed by atoms with van der Waals surface area (Å²) in [6.07, 6.45) is 7.27. The lowest BCUT2D eigenvalue weighted by Crippen LogP contribution is -2.55. The van der Waals surface area contributed by atoms with Crippen LogP contribution in [0.1, 0.15) is 57.9 Å². The van der Waals surface area contributed by atoms with Crippen LogP contribution in [-0.4, -0.2) is 54.4 Å². The summed E-state index contributed by atoms with van der Waals surface area (Å²) >= 11 is 0. The molecule has 0 amide bonds. The van der Waals surface area contributed by atoms with E-state index in [4.69, 9.17) is 9.47 Å². The Kier molecular flexibility index (Phi) is 5.16. The Balaban J connectivity index is 1.06. The van der Waals surface area contributed by atoms with Crippen LogP contribution in [0.15, 0.2) is 30.3 Å². The zero-order chi connectivity index (χ0) is 21.9. The standard InChI is InChI=1S/C27H38N2O3/c1-18-7-6-12-26(2)15-22-23(24-27(18,26)32-24)21(25(30)31-22)16-28-20-10-13-29(14-11-20)17-19-8-4-3-5-9-19/h3-5,8-9,18,20-24,28H,6-7,10-17H2,1-2H3/t18-,21-,22-,23+,24+,26+,27-/m1/s1. The minimum absolute atomic E-state index is 0.00141. The van der Waals surface area contributed by atoms with E-state index >= 15 is 0 Å². The van der Waals surface area contributed by atoms with Crippen molar-refractivity contribution in [1.29, 1.82) is 0 Å². The lowest BCUT2D eigenvalue weighted by molar-refractivity contribution is -0.146. The summed E-state index contributed by atoms with van der Waals surface area (Å²) in [6, 6.07) is 11.2. The summed E-state index contributed by atoms with van der Waals surface area (Å²) in [5.41, 5.74) is 1.56. The highest BCUT2D eigenvalue weighted by Crippen LogP contribution is 2.70. The van der Waals surface area contributed by atoms with Crippen LogP contribution in [0.4, 0.5) is 0 Å². The van der Waals surface area contributed by atoms with Crippen LogP contribution in [0, 0.1) is 23.2 Å². The van der Waals surface area contributed by atoms with Crippen molar-refractivity contribution in [3.8, 4) is 0 Å². The lowest BCUT2D eigenvalue weighted by Gasteiger charge is -2.48. The molecule has 1 spiro atoms. The molecule has 5 heteroatoms. The number of hydrogen-bond donors (Lipinski definition) is 1. The summed E-state index contributed by atoms with van der Waals surface area (Å²) in [4.78, 5) is 15.4. The maximum atomic E-state index is 12.9. The Hall–Kier alpha value is -1.43. The Morgan fingerprint density at radius 1 is 1.16 bits per heavy atom. The molecule has 32 heavy (non-hydrogen) atoms. The number of hydrogen-bond acceptors (Lipinski definition) is 5.